The summed E-state index contributed by atoms with van der Waals surface area (Å²) in [7, 11) is 0. The van der Waals surface area contributed by atoms with Gasteiger partial charge in [0.05, 0.1) is 11.0 Å². The standard InChI is InChI=1S/C54H36N2/c1-4-16-41(17-5-1)55(42-18-6-2-7-19-42)44-22-14-15-37(33-44)38-27-30-47-48-31-28-39(35-51(48)46-24-11-10-23-45(46)50(47)34-38)40-29-32-54-52(36-40)49-25-12-13-26-53(49)56(54)43-20-8-3-9-21-43/h1-36H. The number of aromatic nitrogens is 1. The number of hydrogen-bond acceptors (Lipinski definition) is 1. The van der Waals surface area contributed by atoms with Crippen molar-refractivity contribution in [3.8, 4) is 27.9 Å². The first-order chi connectivity index (χ1) is 27.8. The third-order valence-electron chi connectivity index (χ3n) is 11.3. The Morgan fingerprint density at radius 2 is 0.679 bits per heavy atom. The third-order valence-corrected chi connectivity index (χ3v) is 11.3. The fourth-order valence-electron chi connectivity index (χ4n) is 8.75. The molecule has 1 aromatic heterocycles. The lowest BCUT2D eigenvalue weighted by Gasteiger charge is -2.26. The van der Waals surface area contributed by atoms with Crippen molar-refractivity contribution >= 4 is 71.2 Å². The Kier molecular flexibility index (Phi) is 7.53. The molecule has 2 nitrogen and oxygen atoms in total. The molecule has 0 atom stereocenters. The van der Waals surface area contributed by atoms with Gasteiger partial charge >= 0.3 is 0 Å². The maximum absolute atomic E-state index is 2.40. The highest BCUT2D eigenvalue weighted by Crippen LogP contribution is 2.42. The number of hydrogen-bond donors (Lipinski definition) is 0. The monoisotopic (exact) mass is 712 g/mol. The molecular formula is C54H36N2. The van der Waals surface area contributed by atoms with Crippen LogP contribution < -0.4 is 4.90 Å². The van der Waals surface area contributed by atoms with Crippen LogP contribution in [0.4, 0.5) is 17.1 Å². The average molecular weight is 713 g/mol. The van der Waals surface area contributed by atoms with E-state index >= 15 is 0 Å². The van der Waals surface area contributed by atoms with E-state index in [1.54, 1.807) is 0 Å². The fourth-order valence-corrected chi connectivity index (χ4v) is 8.75. The minimum Gasteiger partial charge on any atom is -0.310 e. The normalized spacial score (nSPS) is 11.6. The molecule has 1 heterocycles. The Balaban J connectivity index is 1.04. The maximum Gasteiger partial charge on any atom is 0.0541 e. The van der Waals surface area contributed by atoms with Gasteiger partial charge in [-0.2, -0.15) is 0 Å². The summed E-state index contributed by atoms with van der Waals surface area (Å²) in [6.07, 6.45) is 0. The van der Waals surface area contributed by atoms with Crippen molar-refractivity contribution in [1.82, 2.24) is 4.57 Å². The molecule has 0 fully saturated rings. The quantitative estimate of drug-likeness (QED) is 0.156. The summed E-state index contributed by atoms with van der Waals surface area (Å²) in [6.45, 7) is 0. The van der Waals surface area contributed by atoms with Gasteiger partial charge in [-0.15, -0.1) is 0 Å². The van der Waals surface area contributed by atoms with E-state index in [1.165, 1.54) is 82.1 Å². The molecule has 2 heteroatoms. The second-order valence-corrected chi connectivity index (χ2v) is 14.5. The van der Waals surface area contributed by atoms with Gasteiger partial charge in [-0.05, 0) is 133 Å². The van der Waals surface area contributed by atoms with E-state index in [0.29, 0.717) is 0 Å². The molecule has 0 radical (unpaired) electrons. The summed E-state index contributed by atoms with van der Waals surface area (Å²) >= 11 is 0. The summed E-state index contributed by atoms with van der Waals surface area (Å²) in [6, 6.07) is 79.4. The van der Waals surface area contributed by atoms with Gasteiger partial charge < -0.3 is 9.47 Å². The molecule has 0 N–H and O–H groups in total. The highest BCUT2D eigenvalue weighted by atomic mass is 15.1. The van der Waals surface area contributed by atoms with Gasteiger partial charge in [0.1, 0.15) is 0 Å². The minimum absolute atomic E-state index is 1.12. The molecule has 0 aliphatic rings. The van der Waals surface area contributed by atoms with Crippen LogP contribution in [0.15, 0.2) is 218 Å². The first-order valence-electron chi connectivity index (χ1n) is 19.3. The van der Waals surface area contributed by atoms with Crippen molar-refractivity contribution in [3.05, 3.63) is 218 Å². The molecule has 0 saturated heterocycles. The van der Waals surface area contributed by atoms with Gasteiger partial charge in [0.25, 0.3) is 0 Å². The second-order valence-electron chi connectivity index (χ2n) is 14.5. The zero-order chi connectivity index (χ0) is 37.0. The van der Waals surface area contributed by atoms with Crippen LogP contribution in [0, 0.1) is 0 Å². The van der Waals surface area contributed by atoms with E-state index in [2.05, 4.69) is 228 Å². The lowest BCUT2D eigenvalue weighted by molar-refractivity contribution is 1.18. The summed E-state index contributed by atoms with van der Waals surface area (Å²) in [5.41, 5.74) is 11.8. The van der Waals surface area contributed by atoms with Crippen molar-refractivity contribution in [2.45, 2.75) is 0 Å². The number of fused-ring (bicyclic) bond motifs is 9. The van der Waals surface area contributed by atoms with Crippen LogP contribution in [-0.2, 0) is 0 Å². The highest BCUT2D eigenvalue weighted by Gasteiger charge is 2.16. The number of nitrogens with zero attached hydrogens (tertiary/aromatic N) is 2. The molecule has 0 bridgehead atoms. The zero-order valence-corrected chi connectivity index (χ0v) is 30.7. The van der Waals surface area contributed by atoms with E-state index in [-0.39, 0.29) is 0 Å². The topological polar surface area (TPSA) is 8.17 Å². The Hall–Kier alpha value is -7.42. The van der Waals surface area contributed by atoms with Gasteiger partial charge in [-0.1, -0.05) is 140 Å². The molecule has 0 aliphatic heterocycles. The number of para-hydroxylation sites is 4. The van der Waals surface area contributed by atoms with Crippen LogP contribution in [-0.4, -0.2) is 4.57 Å². The van der Waals surface area contributed by atoms with E-state index in [4.69, 9.17) is 0 Å². The summed E-state index contributed by atoms with van der Waals surface area (Å²) in [5, 5.41) is 10.1. The largest absolute Gasteiger partial charge is 0.310 e. The lowest BCUT2D eigenvalue weighted by atomic mass is 9.90. The van der Waals surface area contributed by atoms with Crippen molar-refractivity contribution in [2.24, 2.45) is 0 Å². The summed E-state index contributed by atoms with van der Waals surface area (Å²) < 4.78 is 2.38. The molecular weight excluding hydrogens is 677 g/mol. The van der Waals surface area contributed by atoms with Crippen molar-refractivity contribution in [2.75, 3.05) is 4.90 Å². The van der Waals surface area contributed by atoms with E-state index in [1.807, 2.05) is 0 Å². The van der Waals surface area contributed by atoms with Crippen LogP contribution in [0.1, 0.15) is 0 Å². The van der Waals surface area contributed by atoms with E-state index < -0.39 is 0 Å². The number of anilines is 3. The Labute approximate surface area is 325 Å². The van der Waals surface area contributed by atoms with Gasteiger partial charge in [-0.25, -0.2) is 0 Å². The number of rotatable bonds is 6. The lowest BCUT2D eigenvalue weighted by Crippen LogP contribution is -2.09. The minimum atomic E-state index is 1.12. The molecule has 11 aromatic rings. The smallest absolute Gasteiger partial charge is 0.0541 e. The molecule has 0 amide bonds. The molecule has 0 spiro atoms. The van der Waals surface area contributed by atoms with Gasteiger partial charge in [0.2, 0.25) is 0 Å². The molecule has 0 aliphatic carbocycles. The first kappa shape index (κ1) is 32.0. The predicted molar refractivity (Wildman–Crippen MR) is 239 cm³/mol. The van der Waals surface area contributed by atoms with Crippen LogP contribution >= 0.6 is 0 Å². The van der Waals surface area contributed by atoms with Crippen molar-refractivity contribution in [3.63, 3.8) is 0 Å². The van der Waals surface area contributed by atoms with Crippen LogP contribution in [0.2, 0.25) is 0 Å². The predicted octanol–water partition coefficient (Wildman–Crippen LogP) is 15.0. The second kappa shape index (κ2) is 13.2. The molecule has 11 rings (SSSR count). The SMILES string of the molecule is c1ccc(N(c2ccccc2)c2cccc(-c3ccc4c5ccc(-c6ccc7c(c6)c6ccccc6n7-c6ccccc6)cc5c5ccccc5c4c3)c2)cc1. The van der Waals surface area contributed by atoms with E-state index in [9.17, 15) is 0 Å². The van der Waals surface area contributed by atoms with Gasteiger partial charge in [0, 0.05) is 33.5 Å². The van der Waals surface area contributed by atoms with Crippen LogP contribution in [0.25, 0.3) is 82.1 Å². The Morgan fingerprint density at radius 1 is 0.250 bits per heavy atom. The molecule has 0 saturated carbocycles. The van der Waals surface area contributed by atoms with Crippen molar-refractivity contribution in [1.29, 1.82) is 0 Å². The third kappa shape index (κ3) is 5.26. The molecule has 10 aromatic carbocycles. The summed E-state index contributed by atoms with van der Waals surface area (Å²) in [5.74, 6) is 0. The Bertz CT molecular complexity index is 3180. The van der Waals surface area contributed by atoms with Gasteiger partial charge in [0.15, 0.2) is 0 Å². The van der Waals surface area contributed by atoms with E-state index in [0.717, 1.165) is 17.1 Å². The van der Waals surface area contributed by atoms with Crippen LogP contribution in [0.3, 0.4) is 0 Å². The van der Waals surface area contributed by atoms with Crippen LogP contribution in [0.5, 0.6) is 0 Å². The summed E-state index contributed by atoms with van der Waals surface area (Å²) in [4.78, 5) is 2.32. The van der Waals surface area contributed by atoms with Gasteiger partial charge in [-0.3, -0.25) is 0 Å². The maximum atomic E-state index is 2.40. The average Bonchev–Trinajstić information content (AvgIpc) is 3.61. The Morgan fingerprint density at radius 3 is 1.29 bits per heavy atom. The zero-order valence-electron chi connectivity index (χ0n) is 30.7. The molecule has 0 unspecified atom stereocenters. The fraction of sp³-hybridized carbons (Fsp3) is 0. The number of benzene rings is 10. The first-order valence-corrected chi connectivity index (χ1v) is 19.3. The highest BCUT2D eigenvalue weighted by molar-refractivity contribution is 6.26. The van der Waals surface area contributed by atoms with Crippen molar-refractivity contribution < 1.29 is 0 Å². The molecule has 262 valence electrons. The molecule has 56 heavy (non-hydrogen) atoms.